The van der Waals surface area contributed by atoms with E-state index in [1.807, 2.05) is 0 Å². The Balaban J connectivity index is 2.04. The second-order valence-corrected chi connectivity index (χ2v) is 4.95. The Morgan fingerprint density at radius 1 is 0.895 bits per heavy atom. The summed E-state index contributed by atoms with van der Waals surface area (Å²) >= 11 is 0. The molecule has 0 aromatic heterocycles. The van der Waals surface area contributed by atoms with Crippen molar-refractivity contribution in [3.05, 3.63) is 59.2 Å². The molecule has 0 radical (unpaired) electrons. The average molecular weight is 255 g/mol. The molecule has 2 nitrogen and oxygen atoms in total. The lowest BCUT2D eigenvalue weighted by molar-refractivity contribution is 0.288. The summed E-state index contributed by atoms with van der Waals surface area (Å²) in [7, 11) is 0. The molecule has 2 N–H and O–H groups in total. The first-order chi connectivity index (χ1) is 9.19. The smallest absolute Gasteiger partial charge is 0.0434 e. The summed E-state index contributed by atoms with van der Waals surface area (Å²) in [6.45, 7) is 4.50. The predicted molar refractivity (Wildman–Crippen MR) is 81.0 cm³/mol. The first kappa shape index (κ1) is 13.6. The molecular formula is C17H21NO. The minimum absolute atomic E-state index is 0.253. The van der Waals surface area contributed by atoms with E-state index in [2.05, 4.69) is 61.6 Å². The van der Waals surface area contributed by atoms with Gasteiger partial charge in [-0.25, -0.2) is 0 Å². The van der Waals surface area contributed by atoms with Crippen LogP contribution in [0.25, 0.3) is 0 Å². The van der Waals surface area contributed by atoms with E-state index in [-0.39, 0.29) is 6.61 Å². The molecule has 0 aliphatic rings. The number of aryl methyl sites for hydroxylation is 3. The number of anilines is 2. The van der Waals surface area contributed by atoms with Crippen molar-refractivity contribution in [2.24, 2.45) is 0 Å². The molecule has 2 rings (SSSR count). The van der Waals surface area contributed by atoms with Crippen LogP contribution in [-0.4, -0.2) is 11.7 Å². The Bertz CT molecular complexity index is 531. The van der Waals surface area contributed by atoms with E-state index < -0.39 is 0 Å². The van der Waals surface area contributed by atoms with Gasteiger partial charge in [-0.1, -0.05) is 18.2 Å². The maximum atomic E-state index is 8.81. The zero-order chi connectivity index (χ0) is 13.7. The first-order valence-electron chi connectivity index (χ1n) is 6.73. The van der Waals surface area contributed by atoms with Gasteiger partial charge in [0, 0.05) is 18.0 Å². The van der Waals surface area contributed by atoms with Gasteiger partial charge in [0.25, 0.3) is 0 Å². The molecule has 0 saturated carbocycles. The molecular weight excluding hydrogens is 234 g/mol. The highest BCUT2D eigenvalue weighted by molar-refractivity contribution is 5.61. The van der Waals surface area contributed by atoms with E-state index in [0.29, 0.717) is 0 Å². The topological polar surface area (TPSA) is 32.3 Å². The summed E-state index contributed by atoms with van der Waals surface area (Å²) in [6.07, 6.45) is 1.75. The van der Waals surface area contributed by atoms with Crippen molar-refractivity contribution in [2.45, 2.75) is 26.7 Å². The van der Waals surface area contributed by atoms with E-state index in [4.69, 9.17) is 5.11 Å². The Morgan fingerprint density at radius 2 is 1.58 bits per heavy atom. The number of hydrogen-bond donors (Lipinski definition) is 2. The van der Waals surface area contributed by atoms with Crippen LogP contribution in [-0.2, 0) is 6.42 Å². The minimum Gasteiger partial charge on any atom is -0.396 e. The zero-order valence-corrected chi connectivity index (χ0v) is 11.6. The molecule has 0 fully saturated rings. The monoisotopic (exact) mass is 255 g/mol. The quantitative estimate of drug-likeness (QED) is 0.847. The van der Waals surface area contributed by atoms with Crippen molar-refractivity contribution in [3.63, 3.8) is 0 Å². The van der Waals surface area contributed by atoms with Gasteiger partial charge in [-0.05, 0) is 67.6 Å². The molecule has 2 aromatic carbocycles. The van der Waals surface area contributed by atoms with Gasteiger partial charge in [0.1, 0.15) is 0 Å². The fraction of sp³-hybridized carbons (Fsp3) is 0.294. The zero-order valence-electron chi connectivity index (χ0n) is 11.6. The summed E-state index contributed by atoms with van der Waals surface area (Å²) in [5.41, 5.74) is 6.08. The molecule has 0 spiro atoms. The lowest BCUT2D eigenvalue weighted by Gasteiger charge is -2.09. The summed E-state index contributed by atoms with van der Waals surface area (Å²) in [5, 5.41) is 12.2. The van der Waals surface area contributed by atoms with Crippen LogP contribution in [0.5, 0.6) is 0 Å². The van der Waals surface area contributed by atoms with Gasteiger partial charge in [0.15, 0.2) is 0 Å². The first-order valence-corrected chi connectivity index (χ1v) is 6.73. The second-order valence-electron chi connectivity index (χ2n) is 4.95. The van der Waals surface area contributed by atoms with E-state index in [0.717, 1.165) is 24.2 Å². The van der Waals surface area contributed by atoms with Crippen molar-refractivity contribution in [2.75, 3.05) is 11.9 Å². The summed E-state index contributed by atoms with van der Waals surface area (Å²) in [5.74, 6) is 0. The molecule has 2 heteroatoms. The molecule has 0 unspecified atom stereocenters. The highest BCUT2D eigenvalue weighted by atomic mass is 16.2. The molecule has 0 bridgehead atoms. The molecule has 0 atom stereocenters. The average Bonchev–Trinajstić information content (AvgIpc) is 2.42. The van der Waals surface area contributed by atoms with Crippen LogP contribution >= 0.6 is 0 Å². The highest BCUT2D eigenvalue weighted by Crippen LogP contribution is 2.20. The maximum Gasteiger partial charge on any atom is 0.0434 e. The number of hydrogen-bond acceptors (Lipinski definition) is 2. The fourth-order valence-corrected chi connectivity index (χ4v) is 2.02. The van der Waals surface area contributed by atoms with Crippen molar-refractivity contribution < 1.29 is 5.11 Å². The lowest BCUT2D eigenvalue weighted by atomic mass is 10.1. The third-order valence-electron chi connectivity index (χ3n) is 3.37. The molecule has 0 aliphatic heterocycles. The molecule has 100 valence electrons. The van der Waals surface area contributed by atoms with E-state index in [1.165, 1.54) is 16.7 Å². The standard InChI is InChI=1S/C17H21NO/c1-13-5-8-17(12-14(13)2)18-16-9-6-15(7-10-16)4-3-11-19/h5-10,12,18-19H,3-4,11H2,1-2H3. The van der Waals surface area contributed by atoms with Crippen LogP contribution in [0.4, 0.5) is 11.4 Å². The third-order valence-corrected chi connectivity index (χ3v) is 3.37. The maximum absolute atomic E-state index is 8.81. The van der Waals surface area contributed by atoms with Crippen LogP contribution < -0.4 is 5.32 Å². The Kier molecular flexibility index (Phi) is 4.58. The van der Waals surface area contributed by atoms with E-state index >= 15 is 0 Å². The molecule has 19 heavy (non-hydrogen) atoms. The summed E-state index contributed by atoms with van der Waals surface area (Å²) in [6, 6.07) is 14.8. The molecule has 0 amide bonds. The predicted octanol–water partition coefficient (Wildman–Crippen LogP) is 3.97. The Hall–Kier alpha value is -1.80. The van der Waals surface area contributed by atoms with E-state index in [1.54, 1.807) is 0 Å². The SMILES string of the molecule is Cc1ccc(Nc2ccc(CCCO)cc2)cc1C. The molecule has 2 aromatic rings. The van der Waals surface area contributed by atoms with Crippen LogP contribution in [0.2, 0.25) is 0 Å². The van der Waals surface area contributed by atoms with Crippen LogP contribution in [0.1, 0.15) is 23.1 Å². The summed E-state index contributed by atoms with van der Waals surface area (Å²) in [4.78, 5) is 0. The Labute approximate surface area is 115 Å². The van der Waals surface area contributed by atoms with Gasteiger partial charge < -0.3 is 10.4 Å². The van der Waals surface area contributed by atoms with E-state index in [9.17, 15) is 0 Å². The lowest BCUT2D eigenvalue weighted by Crippen LogP contribution is -1.93. The van der Waals surface area contributed by atoms with Crippen molar-refractivity contribution in [1.82, 2.24) is 0 Å². The van der Waals surface area contributed by atoms with Gasteiger partial charge >= 0.3 is 0 Å². The largest absolute Gasteiger partial charge is 0.396 e. The van der Waals surface area contributed by atoms with Crippen LogP contribution in [0, 0.1) is 13.8 Å². The van der Waals surface area contributed by atoms with Gasteiger partial charge in [-0.2, -0.15) is 0 Å². The van der Waals surface area contributed by atoms with Gasteiger partial charge in [-0.3, -0.25) is 0 Å². The van der Waals surface area contributed by atoms with Gasteiger partial charge in [0.05, 0.1) is 0 Å². The van der Waals surface area contributed by atoms with Gasteiger partial charge in [-0.15, -0.1) is 0 Å². The normalized spacial score (nSPS) is 10.5. The highest BCUT2D eigenvalue weighted by Gasteiger charge is 1.98. The molecule has 0 saturated heterocycles. The number of nitrogens with one attached hydrogen (secondary N) is 1. The Morgan fingerprint density at radius 3 is 2.21 bits per heavy atom. The number of benzene rings is 2. The second kappa shape index (κ2) is 6.39. The van der Waals surface area contributed by atoms with Crippen molar-refractivity contribution in [1.29, 1.82) is 0 Å². The molecule has 0 aliphatic carbocycles. The number of rotatable bonds is 5. The van der Waals surface area contributed by atoms with Crippen molar-refractivity contribution in [3.8, 4) is 0 Å². The van der Waals surface area contributed by atoms with Gasteiger partial charge in [0.2, 0.25) is 0 Å². The van der Waals surface area contributed by atoms with Crippen LogP contribution in [0.3, 0.4) is 0 Å². The van der Waals surface area contributed by atoms with Crippen molar-refractivity contribution >= 4 is 11.4 Å². The van der Waals surface area contributed by atoms with Crippen LogP contribution in [0.15, 0.2) is 42.5 Å². The fourth-order valence-electron chi connectivity index (χ4n) is 2.02. The number of aliphatic hydroxyl groups excluding tert-OH is 1. The summed E-state index contributed by atoms with van der Waals surface area (Å²) < 4.78 is 0. The number of aliphatic hydroxyl groups is 1. The minimum atomic E-state index is 0.253. The third kappa shape index (κ3) is 3.83. The molecule has 0 heterocycles.